The van der Waals surface area contributed by atoms with Crippen molar-refractivity contribution in [3.63, 3.8) is 0 Å². The first-order chi connectivity index (χ1) is 22.4. The van der Waals surface area contributed by atoms with Crippen molar-refractivity contribution in [3.8, 4) is 0 Å². The summed E-state index contributed by atoms with van der Waals surface area (Å²) in [5.74, 6) is -1.48. The molecule has 226 valence electrons. The van der Waals surface area contributed by atoms with Crippen LogP contribution in [0.3, 0.4) is 0 Å². The number of carbonyl (C=O) groups is 2. The van der Waals surface area contributed by atoms with Crippen LogP contribution in [-0.4, -0.2) is 22.0 Å². The fraction of sp³-hybridized carbons (Fsp3) is 0.0882. The van der Waals surface area contributed by atoms with E-state index < -0.39 is 28.6 Å². The Labute approximate surface area is 274 Å². The highest BCUT2D eigenvalue weighted by Crippen LogP contribution is 2.55. The number of nitrogens with zero attached hydrogens (tertiary/aromatic N) is 4. The van der Waals surface area contributed by atoms with E-state index >= 15 is 4.79 Å². The number of aromatic nitrogens is 2. The number of benzene rings is 4. The maximum absolute atomic E-state index is 15.0. The van der Waals surface area contributed by atoms with E-state index in [1.807, 2.05) is 30.3 Å². The molecule has 2 amide bonds. The van der Waals surface area contributed by atoms with E-state index in [1.165, 1.54) is 39.8 Å². The standard InChI is InChI=1S/C34H20ClFN4O4S2/c35-21-14-15-26-22(16-21)28(41)27-29(44-26)30(42)40(32-37-38-33(46-32)45-18-19-8-2-1-3-9-19)34(27)23-11-5-7-13-25(23)39(31(34)43)17-20-10-4-6-12-24(20)36/h1-16H,17-18H2. The first-order valence-electron chi connectivity index (χ1n) is 14.1. The molecule has 2 aliphatic rings. The molecule has 8 rings (SSSR count). The number of halogens is 2. The molecule has 0 N–H and O–H groups in total. The van der Waals surface area contributed by atoms with Crippen LogP contribution in [0.5, 0.6) is 0 Å². The van der Waals surface area contributed by atoms with Gasteiger partial charge in [0.15, 0.2) is 15.3 Å². The maximum atomic E-state index is 15.0. The van der Waals surface area contributed by atoms with Crippen LogP contribution in [0, 0.1) is 5.82 Å². The molecule has 0 bridgehead atoms. The Balaban J connectivity index is 1.34. The second-order valence-electron chi connectivity index (χ2n) is 10.8. The monoisotopic (exact) mass is 666 g/mol. The topological polar surface area (TPSA) is 96.6 Å². The van der Waals surface area contributed by atoms with Crippen molar-refractivity contribution in [2.75, 3.05) is 9.80 Å². The molecule has 0 fully saturated rings. The lowest BCUT2D eigenvalue weighted by Gasteiger charge is -2.32. The number of amides is 2. The van der Waals surface area contributed by atoms with Crippen LogP contribution in [0.4, 0.5) is 15.2 Å². The third kappa shape index (κ3) is 4.23. The summed E-state index contributed by atoms with van der Waals surface area (Å²) in [4.78, 5) is 46.5. The van der Waals surface area contributed by atoms with Crippen molar-refractivity contribution in [3.05, 3.63) is 146 Å². The molecule has 1 unspecified atom stereocenters. The van der Waals surface area contributed by atoms with Gasteiger partial charge >= 0.3 is 0 Å². The first kappa shape index (κ1) is 28.6. The Morgan fingerprint density at radius 2 is 1.67 bits per heavy atom. The smallest absolute Gasteiger partial charge is 0.297 e. The van der Waals surface area contributed by atoms with Gasteiger partial charge in [-0.1, -0.05) is 101 Å². The van der Waals surface area contributed by atoms with E-state index in [2.05, 4.69) is 10.2 Å². The van der Waals surface area contributed by atoms with Gasteiger partial charge in [0.1, 0.15) is 11.4 Å². The fourth-order valence-corrected chi connectivity index (χ4v) is 8.18. The minimum absolute atomic E-state index is 0.115. The summed E-state index contributed by atoms with van der Waals surface area (Å²) in [5, 5.41) is 9.22. The summed E-state index contributed by atoms with van der Waals surface area (Å²) in [6, 6.07) is 27.4. The molecule has 0 radical (unpaired) electrons. The van der Waals surface area contributed by atoms with Crippen molar-refractivity contribution >= 4 is 68.3 Å². The second-order valence-corrected chi connectivity index (χ2v) is 13.4. The highest BCUT2D eigenvalue weighted by Gasteiger charge is 2.66. The predicted molar refractivity (Wildman–Crippen MR) is 175 cm³/mol. The minimum atomic E-state index is -1.99. The average Bonchev–Trinajstić information content (AvgIpc) is 3.71. The molecule has 0 saturated heterocycles. The van der Waals surface area contributed by atoms with E-state index in [9.17, 15) is 14.0 Å². The lowest BCUT2D eigenvalue weighted by atomic mass is 9.84. The van der Waals surface area contributed by atoms with Crippen LogP contribution in [-0.2, 0) is 22.6 Å². The van der Waals surface area contributed by atoms with Gasteiger partial charge in [-0.3, -0.25) is 19.3 Å². The quantitative estimate of drug-likeness (QED) is 0.137. The van der Waals surface area contributed by atoms with Gasteiger partial charge in [-0.25, -0.2) is 4.39 Å². The Hall–Kier alpha value is -4.84. The zero-order chi connectivity index (χ0) is 31.6. The van der Waals surface area contributed by atoms with Gasteiger partial charge in [0.2, 0.25) is 10.9 Å². The molecule has 1 spiro atoms. The summed E-state index contributed by atoms with van der Waals surface area (Å²) in [6.45, 7) is -0.138. The predicted octanol–water partition coefficient (Wildman–Crippen LogP) is 7.18. The molecule has 46 heavy (non-hydrogen) atoms. The van der Waals surface area contributed by atoms with Gasteiger partial charge in [-0.05, 0) is 35.9 Å². The fourth-order valence-electron chi connectivity index (χ4n) is 6.16. The molecule has 12 heteroatoms. The van der Waals surface area contributed by atoms with E-state index in [0.29, 0.717) is 26.4 Å². The number of anilines is 2. The largest absolute Gasteiger partial charge is 0.450 e. The molecule has 4 aromatic carbocycles. The molecule has 0 saturated carbocycles. The number of fused-ring (bicyclic) bond motifs is 5. The van der Waals surface area contributed by atoms with Crippen molar-refractivity contribution < 1.29 is 18.4 Å². The van der Waals surface area contributed by atoms with Crippen molar-refractivity contribution in [2.45, 2.75) is 22.2 Å². The van der Waals surface area contributed by atoms with E-state index in [0.717, 1.165) is 16.9 Å². The van der Waals surface area contributed by atoms with Crippen molar-refractivity contribution in [1.29, 1.82) is 0 Å². The number of hydrogen-bond acceptors (Lipinski definition) is 8. The minimum Gasteiger partial charge on any atom is -0.450 e. The van der Waals surface area contributed by atoms with Gasteiger partial charge < -0.3 is 9.32 Å². The molecule has 2 aliphatic heterocycles. The highest BCUT2D eigenvalue weighted by molar-refractivity contribution is 8.00. The summed E-state index contributed by atoms with van der Waals surface area (Å²) in [6.07, 6.45) is 0. The first-order valence-corrected chi connectivity index (χ1v) is 16.3. The Bertz CT molecular complexity index is 2280. The average molecular weight is 667 g/mol. The Morgan fingerprint density at radius 1 is 0.913 bits per heavy atom. The summed E-state index contributed by atoms with van der Waals surface area (Å²) in [5.41, 5.74) is -0.423. The lowest BCUT2D eigenvalue weighted by molar-refractivity contribution is -0.121. The van der Waals surface area contributed by atoms with Crippen LogP contribution >= 0.6 is 34.7 Å². The summed E-state index contributed by atoms with van der Waals surface area (Å²) in [7, 11) is 0. The van der Waals surface area contributed by atoms with Crippen LogP contribution in [0.25, 0.3) is 11.0 Å². The zero-order valence-electron chi connectivity index (χ0n) is 23.6. The normalized spacial score (nSPS) is 16.9. The van der Waals surface area contributed by atoms with E-state index in [-0.39, 0.29) is 39.5 Å². The number of hydrogen-bond donors (Lipinski definition) is 0. The van der Waals surface area contributed by atoms with Gasteiger partial charge in [-0.2, -0.15) is 0 Å². The van der Waals surface area contributed by atoms with Crippen LogP contribution in [0.15, 0.2) is 111 Å². The Kier molecular flexibility index (Phi) is 6.78. The summed E-state index contributed by atoms with van der Waals surface area (Å²) >= 11 is 8.84. The SMILES string of the molecule is O=C1c2oc3ccc(Cl)cc3c(=O)c2C2(C(=O)N(Cc3ccccc3F)c3ccccc32)N1c1nnc(SCc2ccccc2)s1. The number of carbonyl (C=O) groups excluding carboxylic acids is 2. The van der Waals surface area contributed by atoms with Gasteiger partial charge in [-0.15, -0.1) is 10.2 Å². The van der Waals surface area contributed by atoms with Crippen molar-refractivity contribution in [2.24, 2.45) is 0 Å². The molecule has 8 nitrogen and oxygen atoms in total. The van der Waals surface area contributed by atoms with Crippen LogP contribution < -0.4 is 15.2 Å². The second kappa shape index (κ2) is 10.9. The van der Waals surface area contributed by atoms with Gasteiger partial charge in [0, 0.05) is 21.9 Å². The van der Waals surface area contributed by atoms with Crippen molar-refractivity contribution in [1.82, 2.24) is 10.2 Å². The number of rotatable bonds is 6. The molecule has 0 aliphatic carbocycles. The van der Waals surface area contributed by atoms with E-state index in [1.54, 1.807) is 48.5 Å². The number of para-hydroxylation sites is 1. The lowest BCUT2D eigenvalue weighted by Crippen LogP contribution is -2.53. The Morgan fingerprint density at radius 3 is 2.50 bits per heavy atom. The molecule has 1 atom stereocenters. The molecule has 4 heterocycles. The zero-order valence-corrected chi connectivity index (χ0v) is 26.0. The molecule has 6 aromatic rings. The van der Waals surface area contributed by atoms with Gasteiger partial charge in [0.25, 0.3) is 11.8 Å². The highest BCUT2D eigenvalue weighted by atomic mass is 35.5. The molecule has 2 aromatic heterocycles. The number of thioether (sulfide) groups is 1. The van der Waals surface area contributed by atoms with Crippen LogP contribution in [0.1, 0.15) is 32.8 Å². The third-order valence-corrected chi connectivity index (χ3v) is 10.5. The van der Waals surface area contributed by atoms with E-state index in [4.69, 9.17) is 16.0 Å². The van der Waals surface area contributed by atoms with Gasteiger partial charge in [0.05, 0.1) is 23.2 Å². The third-order valence-electron chi connectivity index (χ3n) is 8.16. The molecular formula is C34H20ClFN4O4S2. The maximum Gasteiger partial charge on any atom is 0.297 e. The summed E-state index contributed by atoms with van der Waals surface area (Å²) < 4.78 is 21.6. The van der Waals surface area contributed by atoms with Crippen LogP contribution in [0.2, 0.25) is 5.02 Å². The molecular weight excluding hydrogens is 647 g/mol.